The molecule has 0 aliphatic carbocycles. The van der Waals surface area contributed by atoms with Gasteiger partial charge in [-0.05, 0) is 48.0 Å². The Morgan fingerprint density at radius 1 is 0.900 bits per heavy atom. The Morgan fingerprint density at radius 3 is 2.20 bits per heavy atom. The molecule has 8 heteroatoms. The maximum absolute atomic E-state index is 13.5. The quantitative estimate of drug-likeness (QED) is 0.306. The molecule has 4 aromatic rings. The molecule has 1 heterocycles. The van der Waals surface area contributed by atoms with E-state index in [1.807, 2.05) is 0 Å². The lowest BCUT2D eigenvalue weighted by Gasteiger charge is -2.10. The van der Waals surface area contributed by atoms with Gasteiger partial charge in [-0.3, -0.25) is 4.68 Å². The van der Waals surface area contributed by atoms with Crippen molar-refractivity contribution in [2.45, 2.75) is 20.1 Å². The van der Waals surface area contributed by atoms with Crippen LogP contribution in [0.5, 0.6) is 0 Å². The molecule has 0 amide bonds. The molecule has 0 saturated heterocycles. The Morgan fingerprint density at radius 2 is 1.57 bits per heavy atom. The van der Waals surface area contributed by atoms with Crippen LogP contribution in [-0.4, -0.2) is 9.78 Å². The van der Waals surface area contributed by atoms with E-state index in [4.69, 9.17) is 11.6 Å². The molecule has 0 spiro atoms. The third-order valence-corrected chi connectivity index (χ3v) is 4.88. The molecule has 0 unspecified atom stereocenters. The third-order valence-electron chi connectivity index (χ3n) is 4.53. The number of fused-ring (bicyclic) bond motifs is 1. The van der Waals surface area contributed by atoms with Crippen LogP contribution in [0.15, 0.2) is 60.7 Å². The molecular formula is C22H16ClF5N2. The van der Waals surface area contributed by atoms with Gasteiger partial charge in [0.25, 0.3) is 0 Å². The summed E-state index contributed by atoms with van der Waals surface area (Å²) in [6.07, 6.45) is -4.59. The largest absolute Gasteiger partial charge is 0.418 e. The summed E-state index contributed by atoms with van der Waals surface area (Å²) < 4.78 is 68.6. The van der Waals surface area contributed by atoms with Crippen LogP contribution < -0.4 is 0 Å². The van der Waals surface area contributed by atoms with Gasteiger partial charge < -0.3 is 0 Å². The second-order valence-electron chi connectivity index (χ2n) is 6.45. The van der Waals surface area contributed by atoms with Crippen molar-refractivity contribution in [2.24, 2.45) is 0 Å². The minimum Gasteiger partial charge on any atom is -0.259 e. The summed E-state index contributed by atoms with van der Waals surface area (Å²) in [6.45, 7) is 0.0117. The number of rotatable bonds is 3. The van der Waals surface area contributed by atoms with Gasteiger partial charge in [0.2, 0.25) is 0 Å². The minimum atomic E-state index is -4.59. The third kappa shape index (κ3) is 4.03. The lowest BCUT2D eigenvalue weighted by Crippen LogP contribution is -2.07. The van der Waals surface area contributed by atoms with Crippen molar-refractivity contribution in [3.63, 3.8) is 0 Å². The maximum Gasteiger partial charge on any atom is 0.418 e. The monoisotopic (exact) mass is 438 g/mol. The zero-order valence-electron chi connectivity index (χ0n) is 14.6. The summed E-state index contributed by atoms with van der Waals surface area (Å²) in [7, 11) is 0. The lowest BCUT2D eigenvalue weighted by molar-refractivity contribution is -0.136. The molecule has 30 heavy (non-hydrogen) atoms. The van der Waals surface area contributed by atoms with Crippen LogP contribution in [0, 0.1) is 11.6 Å². The summed E-state index contributed by atoms with van der Waals surface area (Å²) in [6, 6.07) is 12.9. The van der Waals surface area contributed by atoms with E-state index >= 15 is 0 Å². The van der Waals surface area contributed by atoms with Gasteiger partial charge in [-0.1, -0.05) is 37.2 Å². The van der Waals surface area contributed by atoms with Crippen LogP contribution in [-0.2, 0) is 12.7 Å². The number of halogens is 6. The number of alkyl halides is 3. The smallest absolute Gasteiger partial charge is 0.259 e. The van der Waals surface area contributed by atoms with Crippen molar-refractivity contribution in [2.75, 3.05) is 0 Å². The molecule has 0 atom stereocenters. The molecular weight excluding hydrogens is 423 g/mol. The van der Waals surface area contributed by atoms with Crippen molar-refractivity contribution in [1.29, 1.82) is 0 Å². The second kappa shape index (κ2) is 8.07. The van der Waals surface area contributed by atoms with Gasteiger partial charge in [-0.2, -0.15) is 18.3 Å². The summed E-state index contributed by atoms with van der Waals surface area (Å²) in [4.78, 5) is 0. The Balaban J connectivity index is 0.00000256. The normalized spacial score (nSPS) is 11.5. The number of aromatic nitrogens is 2. The van der Waals surface area contributed by atoms with Crippen molar-refractivity contribution >= 4 is 22.5 Å². The molecule has 0 bridgehead atoms. The second-order valence-corrected chi connectivity index (χ2v) is 6.86. The highest BCUT2D eigenvalue weighted by Gasteiger charge is 2.34. The zero-order valence-corrected chi connectivity index (χ0v) is 15.4. The SMILES string of the molecule is C.Fc1ccc(-c2c3cccc(C(F)(F)F)c3nn2Cc2ccc(F)cc2Cl)cc1. The van der Waals surface area contributed by atoms with Crippen LogP contribution in [0.3, 0.4) is 0 Å². The molecule has 0 N–H and O–H groups in total. The van der Waals surface area contributed by atoms with Crippen LogP contribution in [0.1, 0.15) is 18.6 Å². The number of hydrogen-bond acceptors (Lipinski definition) is 1. The first-order valence-electron chi connectivity index (χ1n) is 8.50. The molecule has 0 fully saturated rings. The topological polar surface area (TPSA) is 17.8 Å². The molecule has 0 aliphatic rings. The standard InChI is InChI=1S/C21H12ClF5N2.CH4/c22-18-10-15(24)9-6-13(18)11-29-20(12-4-7-14(23)8-5-12)16-2-1-3-17(19(16)28-29)21(25,26)27;/h1-10H,11H2;1H4. The Hall–Kier alpha value is -2.93. The predicted octanol–water partition coefficient (Wildman–Crippen LogP) is 7.34. The summed E-state index contributed by atoms with van der Waals surface area (Å²) in [5, 5.41) is 4.59. The molecule has 0 saturated carbocycles. The summed E-state index contributed by atoms with van der Waals surface area (Å²) in [5.41, 5.74) is 0.260. The number of benzene rings is 3. The van der Waals surface area contributed by atoms with Gasteiger partial charge in [0.15, 0.2) is 0 Å². The van der Waals surface area contributed by atoms with E-state index in [2.05, 4.69) is 5.10 Å². The van der Waals surface area contributed by atoms with Gasteiger partial charge in [0, 0.05) is 16.0 Å². The number of nitrogens with zero attached hydrogens (tertiary/aromatic N) is 2. The van der Waals surface area contributed by atoms with E-state index in [-0.39, 0.29) is 29.9 Å². The van der Waals surface area contributed by atoms with Crippen LogP contribution in [0.2, 0.25) is 5.02 Å². The molecule has 4 rings (SSSR count). The van der Waals surface area contributed by atoms with Crippen LogP contribution >= 0.6 is 11.6 Å². The first-order chi connectivity index (χ1) is 13.7. The molecule has 2 nitrogen and oxygen atoms in total. The van der Waals surface area contributed by atoms with E-state index in [0.717, 1.165) is 12.1 Å². The maximum atomic E-state index is 13.5. The average Bonchev–Trinajstić information content (AvgIpc) is 3.02. The molecule has 3 aromatic carbocycles. The Bertz CT molecular complexity index is 1200. The van der Waals surface area contributed by atoms with Crippen molar-refractivity contribution in [3.05, 3.63) is 88.4 Å². The Kier molecular flexibility index (Phi) is 5.85. The fraction of sp³-hybridized carbons (Fsp3) is 0.136. The van der Waals surface area contributed by atoms with E-state index in [9.17, 15) is 22.0 Å². The molecule has 156 valence electrons. The first kappa shape index (κ1) is 21.8. The lowest BCUT2D eigenvalue weighted by atomic mass is 10.0. The first-order valence-corrected chi connectivity index (χ1v) is 8.88. The summed E-state index contributed by atoms with van der Waals surface area (Å²) in [5.74, 6) is -0.996. The fourth-order valence-electron chi connectivity index (χ4n) is 3.22. The molecule has 1 aromatic heterocycles. The van der Waals surface area contributed by atoms with Crippen molar-refractivity contribution in [3.8, 4) is 11.3 Å². The van der Waals surface area contributed by atoms with Gasteiger partial charge in [0.05, 0.1) is 17.8 Å². The number of hydrogen-bond donors (Lipinski definition) is 0. The van der Waals surface area contributed by atoms with Gasteiger partial charge in [0.1, 0.15) is 17.2 Å². The van der Waals surface area contributed by atoms with Gasteiger partial charge in [-0.15, -0.1) is 0 Å². The fourth-order valence-corrected chi connectivity index (χ4v) is 3.45. The van der Waals surface area contributed by atoms with Crippen molar-refractivity contribution in [1.82, 2.24) is 9.78 Å². The van der Waals surface area contributed by atoms with E-state index < -0.39 is 23.4 Å². The average molecular weight is 439 g/mol. The summed E-state index contributed by atoms with van der Waals surface area (Å²) >= 11 is 6.09. The zero-order chi connectivity index (χ0) is 20.8. The van der Waals surface area contributed by atoms with Gasteiger partial charge in [-0.25, -0.2) is 8.78 Å². The van der Waals surface area contributed by atoms with Crippen LogP contribution in [0.25, 0.3) is 22.2 Å². The van der Waals surface area contributed by atoms with E-state index in [1.165, 1.54) is 53.2 Å². The van der Waals surface area contributed by atoms with Crippen molar-refractivity contribution < 1.29 is 22.0 Å². The van der Waals surface area contributed by atoms with E-state index in [1.54, 1.807) is 0 Å². The van der Waals surface area contributed by atoms with Crippen LogP contribution in [0.4, 0.5) is 22.0 Å². The molecule has 0 radical (unpaired) electrons. The predicted molar refractivity (Wildman–Crippen MR) is 107 cm³/mol. The highest BCUT2D eigenvalue weighted by molar-refractivity contribution is 6.31. The molecule has 0 aliphatic heterocycles. The van der Waals surface area contributed by atoms with E-state index in [0.29, 0.717) is 16.8 Å². The highest BCUT2D eigenvalue weighted by Crippen LogP contribution is 2.38. The highest BCUT2D eigenvalue weighted by atomic mass is 35.5. The minimum absolute atomic E-state index is 0. The Labute approximate surface area is 174 Å². The van der Waals surface area contributed by atoms with Gasteiger partial charge >= 0.3 is 6.18 Å².